The quantitative estimate of drug-likeness (QED) is 0.894. The Kier molecular flexibility index (Phi) is 3.96. The first kappa shape index (κ1) is 14.7. The molecule has 7 heteroatoms. The summed E-state index contributed by atoms with van der Waals surface area (Å²) in [4.78, 5) is 15.4. The van der Waals surface area contributed by atoms with E-state index in [-0.39, 0.29) is 5.02 Å². The van der Waals surface area contributed by atoms with Gasteiger partial charge in [0.25, 0.3) is 0 Å². The van der Waals surface area contributed by atoms with Gasteiger partial charge >= 0.3 is 5.97 Å². The molecule has 0 bridgehead atoms. The van der Waals surface area contributed by atoms with Gasteiger partial charge in [-0.1, -0.05) is 11.6 Å². The highest BCUT2D eigenvalue weighted by atomic mass is 35.5. The van der Waals surface area contributed by atoms with Crippen molar-refractivity contribution in [1.29, 1.82) is 0 Å². The lowest BCUT2D eigenvalue weighted by Gasteiger charge is -2.15. The van der Waals surface area contributed by atoms with Gasteiger partial charge in [-0.25, -0.2) is 9.37 Å². The SMILES string of the molecule is CC(C)(C(=O)O)c1csc(Nc2ccc(Cl)c(F)c2)n1. The minimum Gasteiger partial charge on any atom is -0.481 e. The van der Waals surface area contributed by atoms with Crippen molar-refractivity contribution in [2.75, 3.05) is 5.32 Å². The standard InChI is InChI=1S/C13H12ClFN2O2S/c1-13(2,11(18)19)10-6-20-12(17-10)16-7-3-4-8(14)9(15)5-7/h3-6H,1-2H3,(H,16,17)(H,18,19). The molecule has 0 saturated carbocycles. The summed E-state index contributed by atoms with van der Waals surface area (Å²) in [5.74, 6) is -1.48. The van der Waals surface area contributed by atoms with Gasteiger partial charge in [0.15, 0.2) is 5.13 Å². The number of carboxylic acids is 1. The molecule has 1 aromatic carbocycles. The zero-order chi connectivity index (χ0) is 14.9. The Labute approximate surface area is 124 Å². The van der Waals surface area contributed by atoms with Crippen LogP contribution in [-0.4, -0.2) is 16.1 Å². The maximum atomic E-state index is 13.3. The molecule has 2 N–H and O–H groups in total. The molecule has 0 aliphatic heterocycles. The highest BCUT2D eigenvalue weighted by Crippen LogP contribution is 2.29. The summed E-state index contributed by atoms with van der Waals surface area (Å²) in [6.07, 6.45) is 0. The van der Waals surface area contributed by atoms with E-state index >= 15 is 0 Å². The van der Waals surface area contributed by atoms with Crippen LogP contribution in [-0.2, 0) is 10.2 Å². The third-order valence-electron chi connectivity index (χ3n) is 2.85. The molecule has 0 aliphatic rings. The Balaban J connectivity index is 2.21. The van der Waals surface area contributed by atoms with Crippen molar-refractivity contribution in [3.63, 3.8) is 0 Å². The first-order chi connectivity index (χ1) is 9.30. The molecule has 1 heterocycles. The number of thiazole rings is 1. The summed E-state index contributed by atoms with van der Waals surface area (Å²) in [6.45, 7) is 3.16. The lowest BCUT2D eigenvalue weighted by atomic mass is 9.90. The van der Waals surface area contributed by atoms with E-state index in [2.05, 4.69) is 10.3 Å². The van der Waals surface area contributed by atoms with Crippen molar-refractivity contribution in [2.24, 2.45) is 0 Å². The minimum atomic E-state index is -1.07. The molecular weight excluding hydrogens is 303 g/mol. The van der Waals surface area contributed by atoms with Gasteiger partial charge in [0, 0.05) is 11.1 Å². The van der Waals surface area contributed by atoms with E-state index in [1.54, 1.807) is 25.3 Å². The number of nitrogens with zero attached hydrogens (tertiary/aromatic N) is 1. The molecule has 106 valence electrons. The molecule has 0 spiro atoms. The van der Waals surface area contributed by atoms with Crippen LogP contribution in [0.5, 0.6) is 0 Å². The number of carbonyl (C=O) groups is 1. The van der Waals surface area contributed by atoms with Crippen LogP contribution < -0.4 is 5.32 Å². The fourth-order valence-corrected chi connectivity index (χ4v) is 2.44. The predicted octanol–water partition coefficient (Wildman–Crippen LogP) is 4.04. The molecule has 4 nitrogen and oxygen atoms in total. The number of nitrogens with one attached hydrogen (secondary N) is 1. The second kappa shape index (κ2) is 5.38. The highest BCUT2D eigenvalue weighted by Gasteiger charge is 2.32. The lowest BCUT2D eigenvalue weighted by Crippen LogP contribution is -2.28. The topological polar surface area (TPSA) is 62.2 Å². The van der Waals surface area contributed by atoms with Crippen molar-refractivity contribution in [1.82, 2.24) is 4.98 Å². The van der Waals surface area contributed by atoms with Crippen LogP contribution in [0.25, 0.3) is 0 Å². The number of anilines is 2. The van der Waals surface area contributed by atoms with Gasteiger partial charge in [0.1, 0.15) is 11.2 Å². The van der Waals surface area contributed by atoms with Crippen LogP contribution >= 0.6 is 22.9 Å². The number of aliphatic carboxylic acids is 1. The number of halogens is 2. The number of aromatic nitrogens is 1. The van der Waals surface area contributed by atoms with Crippen molar-refractivity contribution >= 4 is 39.7 Å². The van der Waals surface area contributed by atoms with Crippen molar-refractivity contribution in [3.8, 4) is 0 Å². The van der Waals surface area contributed by atoms with E-state index in [9.17, 15) is 9.18 Å². The Hall–Kier alpha value is -1.66. The number of hydrogen-bond donors (Lipinski definition) is 2. The minimum absolute atomic E-state index is 0.0439. The van der Waals surface area contributed by atoms with E-state index in [4.69, 9.17) is 16.7 Å². The second-order valence-electron chi connectivity index (χ2n) is 4.72. The van der Waals surface area contributed by atoms with Gasteiger partial charge in [-0.3, -0.25) is 4.79 Å². The van der Waals surface area contributed by atoms with Gasteiger partial charge < -0.3 is 10.4 Å². The normalized spacial score (nSPS) is 11.4. The number of rotatable bonds is 4. The third-order valence-corrected chi connectivity index (χ3v) is 3.91. The van der Waals surface area contributed by atoms with Crippen LogP contribution in [0.15, 0.2) is 23.6 Å². The Bertz CT molecular complexity index is 658. The summed E-state index contributed by atoms with van der Waals surface area (Å²) in [5, 5.41) is 14.3. The predicted molar refractivity (Wildman–Crippen MR) is 77.5 cm³/mol. The summed E-state index contributed by atoms with van der Waals surface area (Å²) < 4.78 is 13.3. The summed E-state index contributed by atoms with van der Waals surface area (Å²) >= 11 is 6.86. The van der Waals surface area contributed by atoms with Gasteiger partial charge in [0.2, 0.25) is 0 Å². The van der Waals surface area contributed by atoms with E-state index in [1.807, 2.05) is 0 Å². The molecule has 0 atom stereocenters. The maximum Gasteiger partial charge on any atom is 0.315 e. The Morgan fingerprint density at radius 1 is 1.50 bits per heavy atom. The first-order valence-corrected chi connectivity index (χ1v) is 6.98. The third kappa shape index (κ3) is 2.91. The molecular formula is C13H12ClFN2O2S. The molecule has 0 fully saturated rings. The summed E-state index contributed by atoms with van der Waals surface area (Å²) in [5.41, 5.74) is -0.116. The molecule has 1 aromatic heterocycles. The lowest BCUT2D eigenvalue weighted by molar-refractivity contribution is -0.142. The van der Waals surface area contributed by atoms with Gasteiger partial charge in [-0.15, -0.1) is 11.3 Å². The van der Waals surface area contributed by atoms with Crippen LogP contribution in [0.2, 0.25) is 5.02 Å². The number of hydrogen-bond acceptors (Lipinski definition) is 4. The van der Waals surface area contributed by atoms with Crippen molar-refractivity contribution < 1.29 is 14.3 Å². The molecule has 2 rings (SSSR count). The summed E-state index contributed by atoms with van der Waals surface area (Å²) in [7, 11) is 0. The van der Waals surface area contributed by atoms with Crippen LogP contribution in [0.3, 0.4) is 0 Å². The van der Waals surface area contributed by atoms with Crippen LogP contribution in [0, 0.1) is 5.82 Å². The van der Waals surface area contributed by atoms with Gasteiger partial charge in [0.05, 0.1) is 10.7 Å². The van der Waals surface area contributed by atoms with Gasteiger partial charge in [-0.05, 0) is 32.0 Å². The average molecular weight is 315 g/mol. The molecule has 0 amide bonds. The highest BCUT2D eigenvalue weighted by molar-refractivity contribution is 7.13. The van der Waals surface area contributed by atoms with Crippen LogP contribution in [0.1, 0.15) is 19.5 Å². The Morgan fingerprint density at radius 3 is 2.80 bits per heavy atom. The number of carboxylic acid groups (broad SMARTS) is 1. The first-order valence-electron chi connectivity index (χ1n) is 5.72. The fourth-order valence-electron chi connectivity index (χ4n) is 1.43. The molecule has 0 aliphatic carbocycles. The summed E-state index contributed by atoms with van der Waals surface area (Å²) in [6, 6.07) is 4.31. The molecule has 0 radical (unpaired) electrons. The molecule has 2 aromatic rings. The van der Waals surface area contributed by atoms with Crippen molar-refractivity contribution in [3.05, 3.63) is 40.1 Å². The fraction of sp³-hybridized carbons (Fsp3) is 0.231. The largest absolute Gasteiger partial charge is 0.481 e. The van der Waals surface area contributed by atoms with Gasteiger partial charge in [-0.2, -0.15) is 0 Å². The van der Waals surface area contributed by atoms with E-state index in [0.29, 0.717) is 16.5 Å². The zero-order valence-corrected chi connectivity index (χ0v) is 12.3. The van der Waals surface area contributed by atoms with E-state index in [0.717, 1.165) is 0 Å². The molecule has 0 unspecified atom stereocenters. The monoisotopic (exact) mass is 314 g/mol. The van der Waals surface area contributed by atoms with Crippen LogP contribution in [0.4, 0.5) is 15.2 Å². The molecule has 20 heavy (non-hydrogen) atoms. The second-order valence-corrected chi connectivity index (χ2v) is 5.99. The molecule has 0 saturated heterocycles. The smallest absolute Gasteiger partial charge is 0.315 e. The van der Waals surface area contributed by atoms with E-state index < -0.39 is 17.2 Å². The number of benzene rings is 1. The van der Waals surface area contributed by atoms with Crippen molar-refractivity contribution in [2.45, 2.75) is 19.3 Å². The maximum absolute atomic E-state index is 13.3. The van der Waals surface area contributed by atoms with E-state index in [1.165, 1.54) is 23.5 Å². The Morgan fingerprint density at radius 2 is 2.20 bits per heavy atom. The zero-order valence-electron chi connectivity index (χ0n) is 10.8. The average Bonchev–Trinajstić information content (AvgIpc) is 2.83.